The van der Waals surface area contributed by atoms with E-state index in [4.69, 9.17) is 35.2 Å². The number of ether oxygens (including phenoxy) is 3. The van der Waals surface area contributed by atoms with Gasteiger partial charge in [-0.3, -0.25) is 14.4 Å². The number of carboxylic acid groups (broad SMARTS) is 1. The van der Waals surface area contributed by atoms with Crippen molar-refractivity contribution in [3.05, 3.63) is 34.4 Å². The smallest absolute Gasteiger partial charge is 0.335 e. The van der Waals surface area contributed by atoms with Crippen LogP contribution in [0.25, 0.3) is 0 Å². The van der Waals surface area contributed by atoms with Crippen molar-refractivity contribution < 1.29 is 42.9 Å². The first-order valence-corrected chi connectivity index (χ1v) is 18.4. The van der Waals surface area contributed by atoms with Gasteiger partial charge in [0, 0.05) is 37.3 Å². The predicted octanol–water partition coefficient (Wildman–Crippen LogP) is 2.79. The number of nitrogens with one attached hydrogen (secondary N) is 1. The minimum absolute atomic E-state index is 0.00304. The molecule has 12 atom stereocenters. The molecule has 4 aliphatic carbocycles. The van der Waals surface area contributed by atoms with Gasteiger partial charge < -0.3 is 45.3 Å². The zero-order valence-corrected chi connectivity index (χ0v) is 29.7. The summed E-state index contributed by atoms with van der Waals surface area (Å²) in [6, 6.07) is 1.61. The fraction of sp³-hybridized carbons (Fsp3) is 0.730. The van der Waals surface area contributed by atoms with Crippen LogP contribution in [-0.2, 0) is 33.4 Å². The molecular formula is C37H52N4O10. The first-order valence-electron chi connectivity index (χ1n) is 18.4. The predicted molar refractivity (Wildman–Crippen MR) is 183 cm³/mol. The number of amidine groups is 1. The molecular weight excluding hydrogens is 660 g/mol. The molecule has 1 aromatic heterocycles. The maximum Gasteiger partial charge on any atom is 0.335 e. The number of hydrogen-bond acceptors (Lipinski definition) is 11. The molecule has 4 saturated carbocycles. The Balaban J connectivity index is 1.04. The molecule has 0 bridgehead atoms. The molecule has 1 saturated heterocycles. The number of amides is 1. The van der Waals surface area contributed by atoms with Crippen LogP contribution in [-0.4, -0.2) is 77.8 Å². The van der Waals surface area contributed by atoms with Crippen LogP contribution in [0.15, 0.2) is 32.6 Å². The maximum absolute atomic E-state index is 12.3. The molecule has 2 heterocycles. The molecule has 6 rings (SSSR count). The van der Waals surface area contributed by atoms with Gasteiger partial charge in [0.2, 0.25) is 5.91 Å². The molecule has 5 fully saturated rings. The summed E-state index contributed by atoms with van der Waals surface area (Å²) in [5, 5.41) is 11.3. The van der Waals surface area contributed by atoms with Crippen molar-refractivity contribution in [1.82, 2.24) is 5.32 Å². The van der Waals surface area contributed by atoms with Crippen LogP contribution in [0.4, 0.5) is 0 Å². The lowest BCUT2D eigenvalue weighted by Crippen LogP contribution is -2.58. The SMILES string of the molecule is CC(=O)OC1C(c2ccc(=O)oc2)C2(C)CCC3C(CCC4CC(OC(N)=NCCCC(N)C(=O)NC(C=O)CCC(=O)O)CCC43C)C23OC13. The second-order valence-electron chi connectivity index (χ2n) is 15.9. The van der Waals surface area contributed by atoms with Gasteiger partial charge in [-0.25, -0.2) is 9.79 Å². The highest BCUT2D eigenvalue weighted by Gasteiger charge is 2.84. The number of hydrogen-bond donors (Lipinski definition) is 4. The van der Waals surface area contributed by atoms with E-state index in [9.17, 15) is 24.0 Å². The monoisotopic (exact) mass is 712 g/mol. The summed E-state index contributed by atoms with van der Waals surface area (Å²) in [6.45, 7) is 6.48. The lowest BCUT2D eigenvalue weighted by molar-refractivity contribution is -0.157. The standard InChI is InChI=1S/C37H52N4O10/c1-20(43)49-31-30(21-6-11-29(46)48-19-21)36(3)15-13-25-26(37(36)32(31)51-37)9-7-22-17-24(12-14-35(22,25)2)50-34(39)40-16-4-5-27(38)33(47)41-23(18-42)8-10-28(44)45/h6,11,18-19,22-27,30-32H,4-5,7-10,12-17,38H2,1-3H3,(H2,39,40)(H,41,47)(H,44,45). The number of esters is 1. The highest BCUT2D eigenvalue weighted by molar-refractivity contribution is 5.84. The van der Waals surface area contributed by atoms with E-state index in [1.165, 1.54) is 19.3 Å². The molecule has 280 valence electrons. The average molecular weight is 713 g/mol. The number of carbonyl (C=O) groups excluding carboxylic acids is 3. The van der Waals surface area contributed by atoms with Crippen molar-refractivity contribution in [2.45, 2.75) is 133 Å². The van der Waals surface area contributed by atoms with Gasteiger partial charge in [0.1, 0.15) is 30.2 Å². The quantitative estimate of drug-likeness (QED) is 0.0578. The van der Waals surface area contributed by atoms with Crippen LogP contribution < -0.4 is 22.4 Å². The number of carbonyl (C=O) groups is 4. The number of aldehydes is 1. The summed E-state index contributed by atoms with van der Waals surface area (Å²) in [5.41, 5.74) is 12.1. The number of aliphatic carboxylic acids is 1. The number of epoxide rings is 1. The number of fused-ring (bicyclic) bond motifs is 3. The van der Waals surface area contributed by atoms with Crippen molar-refractivity contribution >= 4 is 30.2 Å². The molecule has 14 nitrogen and oxygen atoms in total. The third-order valence-corrected chi connectivity index (χ3v) is 13.2. The Morgan fingerprint density at radius 2 is 1.90 bits per heavy atom. The largest absolute Gasteiger partial charge is 0.481 e. The van der Waals surface area contributed by atoms with Crippen molar-refractivity contribution in [1.29, 1.82) is 0 Å². The first-order chi connectivity index (χ1) is 24.2. The van der Waals surface area contributed by atoms with Crippen molar-refractivity contribution in [2.24, 2.45) is 45.0 Å². The fourth-order valence-electron chi connectivity index (χ4n) is 10.8. The third kappa shape index (κ3) is 6.81. The summed E-state index contributed by atoms with van der Waals surface area (Å²) >= 11 is 0. The normalized spacial score (nSPS) is 37.7. The highest BCUT2D eigenvalue weighted by atomic mass is 16.7. The minimum Gasteiger partial charge on any atom is -0.481 e. The fourth-order valence-corrected chi connectivity index (χ4v) is 10.8. The molecule has 0 radical (unpaired) electrons. The van der Waals surface area contributed by atoms with Gasteiger partial charge in [0.15, 0.2) is 0 Å². The lowest BCUT2D eigenvalue weighted by Gasteiger charge is -2.61. The summed E-state index contributed by atoms with van der Waals surface area (Å²) in [5.74, 6) is -0.792. The first kappa shape index (κ1) is 37.0. The van der Waals surface area contributed by atoms with Crippen LogP contribution in [0.3, 0.4) is 0 Å². The lowest BCUT2D eigenvalue weighted by atomic mass is 9.44. The van der Waals surface area contributed by atoms with Crippen molar-refractivity contribution in [3.63, 3.8) is 0 Å². The minimum atomic E-state index is -1.05. The summed E-state index contributed by atoms with van der Waals surface area (Å²) in [4.78, 5) is 62.8. The van der Waals surface area contributed by atoms with E-state index in [0.29, 0.717) is 43.4 Å². The number of rotatable bonds is 13. The molecule has 0 aromatic carbocycles. The van der Waals surface area contributed by atoms with E-state index in [1.807, 2.05) is 6.07 Å². The second-order valence-corrected chi connectivity index (χ2v) is 15.9. The summed E-state index contributed by atoms with van der Waals surface area (Å²) < 4.78 is 24.2. The van der Waals surface area contributed by atoms with E-state index in [0.717, 1.165) is 50.5 Å². The zero-order valence-electron chi connectivity index (χ0n) is 29.7. The third-order valence-electron chi connectivity index (χ3n) is 13.2. The van der Waals surface area contributed by atoms with Crippen LogP contribution in [0, 0.1) is 28.6 Å². The number of aliphatic imine (C=N–C) groups is 1. The molecule has 14 heteroatoms. The Hall–Kier alpha value is -3.78. The Morgan fingerprint density at radius 1 is 1.12 bits per heavy atom. The van der Waals surface area contributed by atoms with Gasteiger partial charge in [-0.15, -0.1) is 0 Å². The maximum atomic E-state index is 12.3. The van der Waals surface area contributed by atoms with Gasteiger partial charge in [0.25, 0.3) is 6.02 Å². The Labute approximate surface area is 297 Å². The second kappa shape index (κ2) is 14.3. The average Bonchev–Trinajstić information content (AvgIpc) is 3.79. The van der Waals surface area contributed by atoms with Gasteiger partial charge in [-0.2, -0.15) is 0 Å². The van der Waals surface area contributed by atoms with Gasteiger partial charge in [0.05, 0.1) is 18.3 Å². The van der Waals surface area contributed by atoms with Gasteiger partial charge in [-0.1, -0.05) is 13.8 Å². The van der Waals surface area contributed by atoms with Crippen LogP contribution >= 0.6 is 0 Å². The molecule has 5 aliphatic rings. The van der Waals surface area contributed by atoms with Crippen LogP contribution in [0.5, 0.6) is 0 Å². The Bertz CT molecular complexity index is 1580. The van der Waals surface area contributed by atoms with E-state index >= 15 is 0 Å². The number of carboxylic acids is 1. The Kier molecular flexibility index (Phi) is 10.4. The Morgan fingerprint density at radius 3 is 2.59 bits per heavy atom. The van der Waals surface area contributed by atoms with E-state index < -0.39 is 41.3 Å². The molecule has 1 amide bonds. The van der Waals surface area contributed by atoms with Crippen LogP contribution in [0.2, 0.25) is 0 Å². The van der Waals surface area contributed by atoms with Gasteiger partial charge >= 0.3 is 17.6 Å². The molecule has 1 aromatic rings. The van der Waals surface area contributed by atoms with E-state index in [1.54, 1.807) is 0 Å². The molecule has 51 heavy (non-hydrogen) atoms. The molecule has 1 spiro atoms. The summed E-state index contributed by atoms with van der Waals surface area (Å²) in [6.07, 6.45) is 8.68. The molecule has 1 aliphatic heterocycles. The summed E-state index contributed by atoms with van der Waals surface area (Å²) in [7, 11) is 0. The van der Waals surface area contributed by atoms with E-state index in [-0.39, 0.29) is 53.8 Å². The zero-order chi connectivity index (χ0) is 36.7. The highest BCUT2D eigenvalue weighted by Crippen LogP contribution is 2.78. The van der Waals surface area contributed by atoms with Crippen molar-refractivity contribution in [3.8, 4) is 0 Å². The topological polar surface area (TPSA) is 226 Å². The molecule has 12 unspecified atom stereocenters. The van der Waals surface area contributed by atoms with Gasteiger partial charge in [-0.05, 0) is 99.0 Å². The number of nitrogens with two attached hydrogens (primary N) is 2. The molecule has 6 N–H and O–H groups in total. The van der Waals surface area contributed by atoms with Crippen LogP contribution in [0.1, 0.15) is 103 Å². The van der Waals surface area contributed by atoms with Crippen molar-refractivity contribution in [2.75, 3.05) is 6.54 Å². The van der Waals surface area contributed by atoms with E-state index in [2.05, 4.69) is 24.2 Å². The number of nitrogens with zero attached hydrogens (tertiary/aromatic N) is 1.